The maximum Gasteiger partial charge on any atom is 0.330 e. The van der Waals surface area contributed by atoms with Gasteiger partial charge in [-0.2, -0.15) is 14.6 Å². The Morgan fingerprint density at radius 3 is 2.77 bits per heavy atom. The van der Waals surface area contributed by atoms with Crippen molar-refractivity contribution in [2.75, 3.05) is 69.7 Å². The Morgan fingerprint density at radius 1 is 1.16 bits per heavy atom. The summed E-state index contributed by atoms with van der Waals surface area (Å²) in [5.74, 6) is 0.979. The molecule has 1 unspecified atom stereocenters. The topological polar surface area (TPSA) is 133 Å². The first-order valence-corrected chi connectivity index (χ1v) is 14.5. The number of benzene rings is 1. The number of nitrogen functional groups attached to an aromatic ring is 1. The molecule has 7 rings (SSSR count). The molecule has 0 radical (unpaired) electrons. The van der Waals surface area contributed by atoms with Crippen molar-refractivity contribution in [2.45, 2.75) is 12.6 Å². The van der Waals surface area contributed by atoms with Gasteiger partial charge in [-0.15, -0.1) is 0 Å². The molecule has 0 bridgehead atoms. The number of aryl methyl sites for hydroxylation is 1. The summed E-state index contributed by atoms with van der Waals surface area (Å²) in [5.41, 5.74) is 9.11. The summed E-state index contributed by atoms with van der Waals surface area (Å²) in [7, 11) is 1.73. The lowest BCUT2D eigenvalue weighted by atomic mass is 10.2. The normalized spacial score (nSPS) is 18.2. The number of furan rings is 1. The zero-order valence-electron chi connectivity index (χ0n) is 23.9. The molecule has 14 heteroatoms. The molecular weight excluding hydrogens is 557 g/mol. The maximum atomic E-state index is 15.0. The van der Waals surface area contributed by atoms with Gasteiger partial charge in [0.15, 0.2) is 11.4 Å². The van der Waals surface area contributed by atoms with E-state index in [-0.39, 0.29) is 23.6 Å². The van der Waals surface area contributed by atoms with Crippen molar-refractivity contribution < 1.29 is 18.3 Å². The number of nitrogens with one attached hydrogen (secondary N) is 1. The minimum absolute atomic E-state index is 0.0327. The van der Waals surface area contributed by atoms with Crippen LogP contribution in [0.15, 0.2) is 51.9 Å². The first-order valence-electron chi connectivity index (χ1n) is 14.5. The highest BCUT2D eigenvalue weighted by atomic mass is 19.1. The number of nitrogens with two attached hydrogens (primary N) is 1. The van der Waals surface area contributed by atoms with Crippen LogP contribution in [-0.2, 0) is 18.3 Å². The van der Waals surface area contributed by atoms with Crippen molar-refractivity contribution in [3.8, 4) is 17.2 Å². The molecule has 2 aliphatic heterocycles. The van der Waals surface area contributed by atoms with Gasteiger partial charge in [0, 0.05) is 65.5 Å². The largest absolute Gasteiger partial charge is 0.491 e. The lowest BCUT2D eigenvalue weighted by Gasteiger charge is -2.36. The number of aromatic nitrogens is 5. The van der Waals surface area contributed by atoms with Gasteiger partial charge in [0.2, 0.25) is 5.95 Å². The smallest absolute Gasteiger partial charge is 0.330 e. The number of morpholine rings is 1. The Balaban J connectivity index is 1.01. The SMILES string of the molecule is Cn1c(=O)n(CCN2CCN(c3ccc(OCC4CNCCO4)cc3F)CC2)c2nc(N)n3nc(-c4ccco4)cc3c21. The second-order valence-electron chi connectivity index (χ2n) is 10.9. The molecule has 0 aliphatic carbocycles. The third-order valence-corrected chi connectivity index (χ3v) is 8.20. The average Bonchev–Trinajstić information content (AvgIpc) is 3.76. The van der Waals surface area contributed by atoms with Crippen molar-refractivity contribution in [1.29, 1.82) is 0 Å². The first kappa shape index (κ1) is 27.4. The Bertz CT molecular complexity index is 1800. The lowest BCUT2D eigenvalue weighted by molar-refractivity contribution is 0.000140. The highest BCUT2D eigenvalue weighted by Crippen LogP contribution is 2.27. The van der Waals surface area contributed by atoms with Crippen LogP contribution < -0.4 is 26.4 Å². The van der Waals surface area contributed by atoms with Gasteiger partial charge in [-0.25, -0.2) is 9.18 Å². The standard InChI is InChI=1S/C29H34FN9O4/c1-35-26-24-16-22(25-3-2-13-42-25)34-39(24)28(31)33-27(26)38(29(35)40)12-9-36-7-10-37(11-8-36)23-5-4-19(15-21(23)30)43-18-20-17-32-6-14-41-20/h2-5,13,15-16,20,32H,6-12,14,17-18H2,1H3,(H2,31,33). The molecule has 1 atom stereocenters. The summed E-state index contributed by atoms with van der Waals surface area (Å²) >= 11 is 0. The molecule has 4 aromatic heterocycles. The second kappa shape index (κ2) is 11.4. The van der Waals surface area contributed by atoms with Crippen LogP contribution in [0.3, 0.4) is 0 Å². The van der Waals surface area contributed by atoms with E-state index < -0.39 is 0 Å². The fourth-order valence-corrected chi connectivity index (χ4v) is 5.87. The van der Waals surface area contributed by atoms with Gasteiger partial charge >= 0.3 is 5.69 Å². The van der Waals surface area contributed by atoms with Crippen LogP contribution in [0.1, 0.15) is 0 Å². The van der Waals surface area contributed by atoms with Crippen molar-refractivity contribution in [1.82, 2.24) is 33.9 Å². The van der Waals surface area contributed by atoms with Gasteiger partial charge in [-0.1, -0.05) is 0 Å². The third-order valence-electron chi connectivity index (χ3n) is 8.20. The number of hydrogen-bond donors (Lipinski definition) is 2. The minimum Gasteiger partial charge on any atom is -0.491 e. The minimum atomic E-state index is -0.305. The molecule has 0 amide bonds. The number of nitrogens with zero attached hydrogens (tertiary/aromatic N) is 7. The quantitative estimate of drug-likeness (QED) is 0.274. The van der Waals surface area contributed by atoms with E-state index in [9.17, 15) is 4.79 Å². The molecule has 226 valence electrons. The van der Waals surface area contributed by atoms with E-state index in [0.717, 1.165) is 26.2 Å². The zero-order valence-corrected chi connectivity index (χ0v) is 23.9. The van der Waals surface area contributed by atoms with Crippen LogP contribution in [0.2, 0.25) is 0 Å². The van der Waals surface area contributed by atoms with Gasteiger partial charge < -0.3 is 29.8 Å². The summed E-state index contributed by atoms with van der Waals surface area (Å²) in [6.45, 7) is 6.49. The van der Waals surface area contributed by atoms with Gasteiger partial charge in [0.1, 0.15) is 35.5 Å². The Kier molecular flexibility index (Phi) is 7.24. The molecule has 2 saturated heterocycles. The van der Waals surface area contributed by atoms with Crippen LogP contribution >= 0.6 is 0 Å². The molecule has 1 aromatic carbocycles. The van der Waals surface area contributed by atoms with Gasteiger partial charge in [0.25, 0.3) is 0 Å². The van der Waals surface area contributed by atoms with E-state index in [0.29, 0.717) is 79.0 Å². The fourth-order valence-electron chi connectivity index (χ4n) is 5.87. The van der Waals surface area contributed by atoms with Gasteiger partial charge in [0.05, 0.1) is 24.1 Å². The number of anilines is 2. The van der Waals surface area contributed by atoms with E-state index >= 15 is 4.39 Å². The molecule has 0 spiro atoms. The summed E-state index contributed by atoms with van der Waals surface area (Å²) in [5, 5.41) is 7.79. The van der Waals surface area contributed by atoms with E-state index in [1.807, 2.05) is 23.1 Å². The van der Waals surface area contributed by atoms with Crippen LogP contribution in [0, 0.1) is 5.82 Å². The highest BCUT2D eigenvalue weighted by molar-refractivity contribution is 5.91. The monoisotopic (exact) mass is 591 g/mol. The summed E-state index contributed by atoms with van der Waals surface area (Å²) in [6.07, 6.45) is 1.55. The van der Waals surface area contributed by atoms with Crippen molar-refractivity contribution in [2.24, 2.45) is 7.05 Å². The van der Waals surface area contributed by atoms with Crippen molar-refractivity contribution >= 4 is 28.3 Å². The molecule has 5 aromatic rings. The predicted molar refractivity (Wildman–Crippen MR) is 159 cm³/mol. The van der Waals surface area contributed by atoms with Crippen LogP contribution in [0.5, 0.6) is 5.75 Å². The Labute approximate surface area is 246 Å². The van der Waals surface area contributed by atoms with E-state index in [1.165, 1.54) is 10.6 Å². The number of fused-ring (bicyclic) bond motifs is 3. The molecule has 2 fully saturated rings. The summed E-state index contributed by atoms with van der Waals surface area (Å²) in [6, 6.07) is 10.5. The molecular formula is C29H34FN9O4. The maximum absolute atomic E-state index is 15.0. The molecule has 43 heavy (non-hydrogen) atoms. The molecule has 6 heterocycles. The molecule has 13 nitrogen and oxygen atoms in total. The van der Waals surface area contributed by atoms with E-state index in [2.05, 4.69) is 20.3 Å². The van der Waals surface area contributed by atoms with Gasteiger partial charge in [-0.3, -0.25) is 14.0 Å². The number of ether oxygens (including phenoxy) is 2. The summed E-state index contributed by atoms with van der Waals surface area (Å²) in [4.78, 5) is 22.2. The van der Waals surface area contributed by atoms with E-state index in [4.69, 9.17) is 19.6 Å². The average molecular weight is 592 g/mol. The zero-order chi connectivity index (χ0) is 29.5. The Morgan fingerprint density at radius 2 is 2.02 bits per heavy atom. The van der Waals surface area contributed by atoms with Crippen molar-refractivity contribution in [3.05, 3.63) is 59.0 Å². The fraction of sp³-hybridized carbons (Fsp3) is 0.414. The van der Waals surface area contributed by atoms with Crippen LogP contribution in [0.4, 0.5) is 16.0 Å². The number of halogens is 1. The second-order valence-corrected chi connectivity index (χ2v) is 10.9. The van der Waals surface area contributed by atoms with Crippen LogP contribution in [-0.4, -0.2) is 93.8 Å². The Hall–Kier alpha value is -4.40. The third kappa shape index (κ3) is 5.21. The number of rotatable bonds is 8. The molecule has 0 saturated carbocycles. The van der Waals surface area contributed by atoms with Crippen molar-refractivity contribution in [3.63, 3.8) is 0 Å². The lowest BCUT2D eigenvalue weighted by Crippen LogP contribution is -2.47. The molecule has 2 aliphatic rings. The van der Waals surface area contributed by atoms with Crippen LogP contribution in [0.25, 0.3) is 28.1 Å². The van der Waals surface area contributed by atoms with E-state index in [1.54, 1.807) is 34.6 Å². The molecule has 3 N–H and O–H groups in total. The first-order chi connectivity index (χ1) is 21.0. The van der Waals surface area contributed by atoms with Gasteiger partial charge in [-0.05, 0) is 30.3 Å². The highest BCUT2D eigenvalue weighted by Gasteiger charge is 2.23. The predicted octanol–water partition coefficient (Wildman–Crippen LogP) is 1.55. The number of hydrogen-bond acceptors (Lipinski definition) is 10. The summed E-state index contributed by atoms with van der Waals surface area (Å²) < 4.78 is 36.7. The number of piperazine rings is 1. The number of imidazole rings is 1.